The number of rotatable bonds is 7. The first-order chi connectivity index (χ1) is 13.4. The van der Waals surface area contributed by atoms with E-state index in [1.807, 2.05) is 25.1 Å². The number of hydrogen-bond donors (Lipinski definition) is 0. The zero-order chi connectivity index (χ0) is 20.1. The van der Waals surface area contributed by atoms with Crippen LogP contribution in [0.5, 0.6) is 0 Å². The van der Waals surface area contributed by atoms with Gasteiger partial charge in [-0.15, -0.1) is 0 Å². The fraction of sp³-hybridized carbons (Fsp3) is 0.350. The number of esters is 1. The molecular formula is C20H22ClNO5S. The molecule has 1 heterocycles. The van der Waals surface area contributed by atoms with Crippen LogP contribution < -0.4 is 4.31 Å². The maximum atomic E-state index is 13.2. The van der Waals surface area contributed by atoms with Crippen molar-refractivity contribution in [1.29, 1.82) is 0 Å². The third-order valence-electron chi connectivity index (χ3n) is 4.48. The summed E-state index contributed by atoms with van der Waals surface area (Å²) < 4.78 is 38.1. The summed E-state index contributed by atoms with van der Waals surface area (Å²) in [5.74, 6) is -0.680. The minimum Gasteiger partial charge on any atom is -0.460 e. The number of benzene rings is 2. The summed E-state index contributed by atoms with van der Waals surface area (Å²) in [6, 6.07) is 11.5. The second-order valence-electron chi connectivity index (χ2n) is 6.28. The first kappa shape index (κ1) is 20.6. The molecule has 1 aliphatic rings. The van der Waals surface area contributed by atoms with Crippen LogP contribution in [0.25, 0.3) is 0 Å². The van der Waals surface area contributed by atoms with E-state index in [-0.39, 0.29) is 28.7 Å². The van der Waals surface area contributed by atoms with Gasteiger partial charge in [-0.05, 0) is 49.6 Å². The summed E-state index contributed by atoms with van der Waals surface area (Å²) in [5.41, 5.74) is 1.68. The summed E-state index contributed by atoms with van der Waals surface area (Å²) in [6.45, 7) is 3.08. The van der Waals surface area contributed by atoms with Gasteiger partial charge in [0, 0.05) is 13.2 Å². The lowest BCUT2D eigenvalue weighted by atomic mass is 10.0. The second-order valence-corrected chi connectivity index (χ2v) is 8.55. The fourth-order valence-corrected chi connectivity index (χ4v) is 4.88. The highest BCUT2D eigenvalue weighted by Crippen LogP contribution is 2.32. The van der Waals surface area contributed by atoms with Crippen LogP contribution in [0, 0.1) is 0 Å². The van der Waals surface area contributed by atoms with Gasteiger partial charge in [0.1, 0.15) is 6.61 Å². The minimum absolute atomic E-state index is 0.00496. The van der Waals surface area contributed by atoms with Gasteiger partial charge in [0.25, 0.3) is 10.0 Å². The molecule has 0 saturated heterocycles. The van der Waals surface area contributed by atoms with Crippen LogP contribution in [0.1, 0.15) is 29.3 Å². The molecule has 1 aliphatic heterocycles. The van der Waals surface area contributed by atoms with Crippen LogP contribution in [0.15, 0.2) is 47.4 Å². The predicted molar refractivity (Wildman–Crippen MR) is 108 cm³/mol. The van der Waals surface area contributed by atoms with Gasteiger partial charge < -0.3 is 9.47 Å². The van der Waals surface area contributed by atoms with Crippen molar-refractivity contribution < 1.29 is 22.7 Å². The molecule has 0 aromatic heterocycles. The SMILES string of the molecule is CCOCCOC(=O)c1cc(S(=O)(=O)N2CCCc3ccccc32)ccc1Cl. The standard InChI is InChI=1S/C20H22ClNO5S/c1-2-26-12-13-27-20(23)17-14-16(9-10-18(17)21)28(24,25)22-11-5-7-15-6-3-4-8-19(15)22/h3-4,6,8-10,14H,2,5,7,11-13H2,1H3. The molecule has 150 valence electrons. The first-order valence-corrected chi connectivity index (χ1v) is 10.9. The molecule has 28 heavy (non-hydrogen) atoms. The molecule has 0 bridgehead atoms. The van der Waals surface area contributed by atoms with Gasteiger partial charge >= 0.3 is 5.97 Å². The molecule has 0 atom stereocenters. The molecule has 3 rings (SSSR count). The van der Waals surface area contributed by atoms with Crippen molar-refractivity contribution in [1.82, 2.24) is 0 Å². The molecule has 6 nitrogen and oxygen atoms in total. The van der Waals surface area contributed by atoms with E-state index >= 15 is 0 Å². The Morgan fingerprint density at radius 2 is 1.96 bits per heavy atom. The van der Waals surface area contributed by atoms with Crippen LogP contribution >= 0.6 is 11.6 Å². The van der Waals surface area contributed by atoms with Crippen LogP contribution in [-0.4, -0.2) is 40.8 Å². The van der Waals surface area contributed by atoms with Gasteiger partial charge in [-0.25, -0.2) is 13.2 Å². The Balaban J connectivity index is 1.88. The Morgan fingerprint density at radius 1 is 1.18 bits per heavy atom. The summed E-state index contributed by atoms with van der Waals surface area (Å²) in [5, 5.41) is 0.138. The third-order valence-corrected chi connectivity index (χ3v) is 6.62. The predicted octanol–water partition coefficient (Wildman–Crippen LogP) is 3.67. The number of fused-ring (bicyclic) bond motifs is 1. The van der Waals surface area contributed by atoms with Gasteiger partial charge in [0.15, 0.2) is 0 Å². The number of carbonyl (C=O) groups is 1. The van der Waals surface area contributed by atoms with Crippen LogP contribution in [0.3, 0.4) is 0 Å². The van der Waals surface area contributed by atoms with Crippen molar-refractivity contribution in [3.8, 4) is 0 Å². The highest BCUT2D eigenvalue weighted by molar-refractivity contribution is 7.92. The minimum atomic E-state index is -3.84. The van der Waals surface area contributed by atoms with Crippen molar-refractivity contribution in [2.75, 3.05) is 30.7 Å². The lowest BCUT2D eigenvalue weighted by Gasteiger charge is -2.30. The van der Waals surface area contributed by atoms with E-state index in [0.717, 1.165) is 18.4 Å². The molecule has 0 amide bonds. The molecule has 0 unspecified atom stereocenters. The van der Waals surface area contributed by atoms with Gasteiger partial charge in [0.05, 0.1) is 27.8 Å². The molecule has 0 radical (unpaired) electrons. The summed E-state index contributed by atoms with van der Waals surface area (Å²) in [7, 11) is -3.84. The zero-order valence-electron chi connectivity index (χ0n) is 15.6. The van der Waals surface area contributed by atoms with Gasteiger partial charge in [-0.2, -0.15) is 0 Å². The van der Waals surface area contributed by atoms with Crippen molar-refractivity contribution in [3.05, 3.63) is 58.6 Å². The molecular weight excluding hydrogens is 402 g/mol. The maximum Gasteiger partial charge on any atom is 0.339 e. The molecule has 2 aromatic rings. The smallest absolute Gasteiger partial charge is 0.339 e. The number of hydrogen-bond acceptors (Lipinski definition) is 5. The molecule has 8 heteroatoms. The van der Waals surface area contributed by atoms with E-state index in [1.165, 1.54) is 22.5 Å². The lowest BCUT2D eigenvalue weighted by Crippen LogP contribution is -2.35. The number of nitrogens with zero attached hydrogens (tertiary/aromatic N) is 1. The monoisotopic (exact) mass is 423 g/mol. The number of aryl methyl sites for hydroxylation is 1. The number of ether oxygens (including phenoxy) is 2. The average molecular weight is 424 g/mol. The second kappa shape index (κ2) is 8.94. The Morgan fingerprint density at radius 3 is 2.75 bits per heavy atom. The van der Waals surface area contributed by atoms with E-state index in [2.05, 4.69) is 0 Å². The van der Waals surface area contributed by atoms with Gasteiger partial charge in [0.2, 0.25) is 0 Å². The number of anilines is 1. The average Bonchev–Trinajstić information content (AvgIpc) is 2.70. The third kappa shape index (κ3) is 4.32. The van der Waals surface area contributed by atoms with Crippen molar-refractivity contribution in [2.24, 2.45) is 0 Å². The van der Waals surface area contributed by atoms with Crippen LogP contribution in [0.2, 0.25) is 5.02 Å². The number of carbonyl (C=O) groups excluding carboxylic acids is 1. The van der Waals surface area contributed by atoms with Gasteiger partial charge in [-0.3, -0.25) is 4.31 Å². The van der Waals surface area contributed by atoms with Crippen molar-refractivity contribution >= 4 is 33.3 Å². The lowest BCUT2D eigenvalue weighted by molar-refractivity contribution is 0.0335. The fourth-order valence-electron chi connectivity index (χ4n) is 3.11. The molecule has 0 fully saturated rings. The summed E-state index contributed by atoms with van der Waals surface area (Å²) >= 11 is 6.11. The Bertz CT molecular complexity index is 961. The quantitative estimate of drug-likeness (QED) is 0.501. The van der Waals surface area contributed by atoms with Crippen LogP contribution in [0.4, 0.5) is 5.69 Å². The van der Waals surface area contributed by atoms with E-state index in [9.17, 15) is 13.2 Å². The van der Waals surface area contributed by atoms with Crippen molar-refractivity contribution in [2.45, 2.75) is 24.7 Å². The maximum absolute atomic E-state index is 13.2. The first-order valence-electron chi connectivity index (χ1n) is 9.10. The van der Waals surface area contributed by atoms with Gasteiger partial charge in [-0.1, -0.05) is 29.8 Å². The zero-order valence-corrected chi connectivity index (χ0v) is 17.1. The summed E-state index contributed by atoms with van der Waals surface area (Å²) in [6.07, 6.45) is 1.57. The van der Waals surface area contributed by atoms with Crippen molar-refractivity contribution in [3.63, 3.8) is 0 Å². The number of para-hydroxylation sites is 1. The Hall–Kier alpha value is -2.09. The topological polar surface area (TPSA) is 72.9 Å². The molecule has 0 saturated carbocycles. The molecule has 0 aliphatic carbocycles. The van der Waals surface area contributed by atoms with E-state index < -0.39 is 16.0 Å². The molecule has 0 spiro atoms. The van der Waals surface area contributed by atoms with E-state index in [4.69, 9.17) is 21.1 Å². The molecule has 2 aromatic carbocycles. The highest BCUT2D eigenvalue weighted by Gasteiger charge is 2.30. The number of halogens is 1. The Kier molecular flexibility index (Phi) is 6.59. The van der Waals surface area contributed by atoms with Crippen LogP contribution in [-0.2, 0) is 25.9 Å². The largest absolute Gasteiger partial charge is 0.460 e. The number of sulfonamides is 1. The molecule has 0 N–H and O–H groups in total. The van der Waals surface area contributed by atoms with E-state index in [0.29, 0.717) is 18.8 Å². The van der Waals surface area contributed by atoms with E-state index in [1.54, 1.807) is 6.07 Å². The highest BCUT2D eigenvalue weighted by atomic mass is 35.5. The normalized spacial score (nSPS) is 13.9. The summed E-state index contributed by atoms with van der Waals surface area (Å²) in [4.78, 5) is 12.3. The Labute approximate surface area is 170 Å².